The summed E-state index contributed by atoms with van der Waals surface area (Å²) < 4.78 is 15.2. The molecule has 0 radical (unpaired) electrons. The first kappa shape index (κ1) is 14.1. The Kier molecular flexibility index (Phi) is 4.74. The van der Waals surface area contributed by atoms with Crippen LogP contribution in [0.4, 0.5) is 4.79 Å². The van der Waals surface area contributed by atoms with Crippen LogP contribution in [0.15, 0.2) is 5.16 Å². The van der Waals surface area contributed by atoms with Crippen molar-refractivity contribution in [2.75, 3.05) is 26.3 Å². The second-order valence-electron chi connectivity index (χ2n) is 4.83. The number of thioether (sulfide) groups is 1. The summed E-state index contributed by atoms with van der Waals surface area (Å²) >= 11 is 2.31. The molecule has 2 fully saturated rings. The van der Waals surface area contributed by atoms with Gasteiger partial charge >= 0.3 is 0 Å². The average Bonchev–Trinajstić information content (AvgIpc) is 3.11. The number of ether oxygens (including phenoxy) is 2. The summed E-state index contributed by atoms with van der Waals surface area (Å²) in [4.78, 5) is 18.1. The fourth-order valence-electron chi connectivity index (χ4n) is 2.27. The lowest BCUT2D eigenvalue weighted by atomic mass is 10.2. The van der Waals surface area contributed by atoms with E-state index in [4.69, 9.17) is 9.47 Å². The molecule has 0 spiro atoms. The number of nitrogens with zero attached hydrogens (tertiary/aromatic N) is 3. The van der Waals surface area contributed by atoms with Gasteiger partial charge in [-0.05, 0) is 12.8 Å². The molecule has 0 aromatic carbocycles. The molecular formula is C12H17N3O3S2. The van der Waals surface area contributed by atoms with E-state index in [2.05, 4.69) is 9.36 Å². The molecule has 0 bridgehead atoms. The van der Waals surface area contributed by atoms with Crippen molar-refractivity contribution in [3.8, 4) is 5.19 Å². The fraction of sp³-hybridized carbons (Fsp3) is 0.750. The van der Waals surface area contributed by atoms with Gasteiger partial charge in [-0.3, -0.25) is 4.79 Å². The van der Waals surface area contributed by atoms with Gasteiger partial charge in [0.25, 0.3) is 10.4 Å². The highest BCUT2D eigenvalue weighted by molar-refractivity contribution is 8.13. The van der Waals surface area contributed by atoms with E-state index in [-0.39, 0.29) is 11.3 Å². The van der Waals surface area contributed by atoms with Crippen LogP contribution in [0.1, 0.15) is 25.7 Å². The van der Waals surface area contributed by atoms with Gasteiger partial charge in [-0.1, -0.05) is 0 Å². The molecule has 0 saturated carbocycles. The van der Waals surface area contributed by atoms with Crippen molar-refractivity contribution in [2.24, 2.45) is 0 Å². The molecule has 1 aromatic heterocycles. The van der Waals surface area contributed by atoms with Gasteiger partial charge in [0.05, 0.1) is 13.2 Å². The maximum atomic E-state index is 12.0. The molecule has 1 aromatic rings. The van der Waals surface area contributed by atoms with E-state index in [0.29, 0.717) is 10.4 Å². The summed E-state index contributed by atoms with van der Waals surface area (Å²) in [5.74, 6) is 0. The molecule has 3 heterocycles. The standard InChI is InChI=1S/C12H17N3O3S2/c16-12(15-5-1-2-6-15)19-10-13-11(20-14-10)18-9-3-7-17-8-4-9/h9H,1-8H2. The Labute approximate surface area is 126 Å². The van der Waals surface area contributed by atoms with E-state index >= 15 is 0 Å². The quantitative estimate of drug-likeness (QED) is 0.798. The maximum absolute atomic E-state index is 12.0. The number of likely N-dealkylation sites (tertiary alicyclic amines) is 1. The Morgan fingerprint density at radius 3 is 2.85 bits per heavy atom. The number of carbonyl (C=O) groups is 1. The van der Waals surface area contributed by atoms with Crippen LogP contribution in [-0.2, 0) is 4.74 Å². The average molecular weight is 315 g/mol. The first-order valence-corrected chi connectivity index (χ1v) is 8.45. The molecule has 2 aliphatic heterocycles. The van der Waals surface area contributed by atoms with Crippen LogP contribution in [0.3, 0.4) is 0 Å². The number of hydrogen-bond acceptors (Lipinski definition) is 7. The minimum atomic E-state index is 0.0397. The molecule has 20 heavy (non-hydrogen) atoms. The van der Waals surface area contributed by atoms with Gasteiger partial charge in [0, 0.05) is 49.2 Å². The van der Waals surface area contributed by atoms with Gasteiger partial charge in [0.2, 0.25) is 5.16 Å². The largest absolute Gasteiger partial charge is 0.465 e. The van der Waals surface area contributed by atoms with Crippen molar-refractivity contribution in [1.29, 1.82) is 0 Å². The highest BCUT2D eigenvalue weighted by Gasteiger charge is 2.22. The third kappa shape index (κ3) is 3.62. The molecule has 0 N–H and O–H groups in total. The molecule has 110 valence electrons. The lowest BCUT2D eigenvalue weighted by Crippen LogP contribution is -2.25. The Bertz CT molecular complexity index is 457. The summed E-state index contributed by atoms with van der Waals surface area (Å²) in [6.45, 7) is 3.17. The molecule has 3 rings (SSSR count). The first-order chi connectivity index (χ1) is 9.81. The molecule has 6 nitrogen and oxygen atoms in total. The van der Waals surface area contributed by atoms with Gasteiger partial charge in [-0.25, -0.2) is 0 Å². The highest BCUT2D eigenvalue weighted by Crippen LogP contribution is 2.27. The van der Waals surface area contributed by atoms with Crippen molar-refractivity contribution in [3.63, 3.8) is 0 Å². The highest BCUT2D eigenvalue weighted by atomic mass is 32.2. The van der Waals surface area contributed by atoms with Crippen LogP contribution in [0.25, 0.3) is 0 Å². The van der Waals surface area contributed by atoms with E-state index in [9.17, 15) is 4.79 Å². The zero-order valence-corrected chi connectivity index (χ0v) is 12.8. The van der Waals surface area contributed by atoms with Gasteiger partial charge in [0.1, 0.15) is 6.10 Å². The number of aromatic nitrogens is 2. The fourth-order valence-corrected chi connectivity index (χ4v) is 3.68. The Hall–Kier alpha value is -0.860. The molecule has 0 aliphatic carbocycles. The summed E-state index contributed by atoms with van der Waals surface area (Å²) in [6, 6.07) is 0. The number of amides is 1. The third-order valence-electron chi connectivity index (χ3n) is 3.37. The Morgan fingerprint density at radius 2 is 2.10 bits per heavy atom. The zero-order chi connectivity index (χ0) is 13.8. The SMILES string of the molecule is O=C(Sc1nsc(OC2CCOCC2)n1)N1CCCC1. The molecule has 1 amide bonds. The normalized spacial score (nSPS) is 20.3. The summed E-state index contributed by atoms with van der Waals surface area (Å²) in [5.41, 5.74) is 0. The van der Waals surface area contributed by atoms with Crippen LogP contribution < -0.4 is 4.74 Å². The molecule has 2 saturated heterocycles. The summed E-state index contributed by atoms with van der Waals surface area (Å²) in [6.07, 6.45) is 4.11. The van der Waals surface area contributed by atoms with E-state index in [1.165, 1.54) is 11.5 Å². The number of rotatable bonds is 3. The Morgan fingerprint density at radius 1 is 1.35 bits per heavy atom. The monoisotopic (exact) mass is 315 g/mol. The van der Waals surface area contributed by atoms with E-state index in [1.54, 1.807) is 0 Å². The maximum Gasteiger partial charge on any atom is 0.294 e. The second-order valence-corrected chi connectivity index (χ2v) is 6.47. The lowest BCUT2D eigenvalue weighted by molar-refractivity contribution is 0.0253. The van der Waals surface area contributed by atoms with Crippen molar-refractivity contribution >= 4 is 28.5 Å². The van der Waals surface area contributed by atoms with E-state index in [0.717, 1.165) is 63.7 Å². The van der Waals surface area contributed by atoms with Gasteiger partial charge in [-0.15, -0.1) is 0 Å². The van der Waals surface area contributed by atoms with Crippen LogP contribution in [0, 0.1) is 0 Å². The first-order valence-electron chi connectivity index (χ1n) is 6.86. The van der Waals surface area contributed by atoms with Gasteiger partial charge < -0.3 is 14.4 Å². The van der Waals surface area contributed by atoms with Crippen LogP contribution in [0.5, 0.6) is 5.19 Å². The predicted molar refractivity (Wildman–Crippen MR) is 76.4 cm³/mol. The topological polar surface area (TPSA) is 64.5 Å². The number of carbonyl (C=O) groups excluding carboxylic acids is 1. The van der Waals surface area contributed by atoms with Crippen molar-refractivity contribution < 1.29 is 14.3 Å². The second kappa shape index (κ2) is 6.73. The van der Waals surface area contributed by atoms with Crippen LogP contribution in [0.2, 0.25) is 0 Å². The molecule has 0 unspecified atom stereocenters. The third-order valence-corrected chi connectivity index (χ3v) is 4.89. The minimum Gasteiger partial charge on any atom is -0.465 e. The summed E-state index contributed by atoms with van der Waals surface area (Å²) in [5, 5.41) is 1.08. The molecule has 2 aliphatic rings. The summed E-state index contributed by atoms with van der Waals surface area (Å²) in [7, 11) is 0. The van der Waals surface area contributed by atoms with Gasteiger partial charge in [0.15, 0.2) is 0 Å². The minimum absolute atomic E-state index is 0.0397. The van der Waals surface area contributed by atoms with Crippen LogP contribution >= 0.6 is 23.3 Å². The van der Waals surface area contributed by atoms with Crippen LogP contribution in [-0.4, -0.2) is 51.9 Å². The van der Waals surface area contributed by atoms with Crippen molar-refractivity contribution in [2.45, 2.75) is 36.9 Å². The number of hydrogen-bond donors (Lipinski definition) is 0. The van der Waals surface area contributed by atoms with Crippen molar-refractivity contribution in [1.82, 2.24) is 14.3 Å². The smallest absolute Gasteiger partial charge is 0.294 e. The van der Waals surface area contributed by atoms with E-state index < -0.39 is 0 Å². The molecule has 0 atom stereocenters. The zero-order valence-electron chi connectivity index (χ0n) is 11.1. The molecular weight excluding hydrogens is 298 g/mol. The van der Waals surface area contributed by atoms with Crippen molar-refractivity contribution in [3.05, 3.63) is 0 Å². The molecule has 8 heteroatoms. The lowest BCUT2D eigenvalue weighted by Gasteiger charge is -2.21. The van der Waals surface area contributed by atoms with Gasteiger partial charge in [-0.2, -0.15) is 9.36 Å². The Balaban J connectivity index is 1.52. The predicted octanol–water partition coefficient (Wildman–Crippen LogP) is 2.40. The van der Waals surface area contributed by atoms with E-state index in [1.807, 2.05) is 4.90 Å².